The largest absolute Gasteiger partial charge is 0.491 e. The van der Waals surface area contributed by atoms with E-state index in [9.17, 15) is 9.59 Å². The van der Waals surface area contributed by atoms with Gasteiger partial charge in [0.15, 0.2) is 5.78 Å². The number of ether oxygens (including phenoxy) is 3. The van der Waals surface area contributed by atoms with E-state index in [0.717, 1.165) is 0 Å². The lowest BCUT2D eigenvalue weighted by molar-refractivity contribution is -0.140. The Hall–Kier alpha value is -2.04. The van der Waals surface area contributed by atoms with E-state index in [0.29, 0.717) is 23.5 Å². The molecule has 128 valence electrons. The summed E-state index contributed by atoms with van der Waals surface area (Å²) in [7, 11) is 1.34. The van der Waals surface area contributed by atoms with Crippen molar-refractivity contribution in [2.45, 2.75) is 59.2 Å². The molecule has 0 heterocycles. The van der Waals surface area contributed by atoms with Gasteiger partial charge in [0.05, 0.1) is 24.9 Å². The first-order valence-electron chi connectivity index (χ1n) is 7.90. The van der Waals surface area contributed by atoms with Gasteiger partial charge in [-0.3, -0.25) is 9.59 Å². The molecule has 0 aliphatic rings. The van der Waals surface area contributed by atoms with E-state index >= 15 is 0 Å². The van der Waals surface area contributed by atoms with Gasteiger partial charge in [-0.2, -0.15) is 0 Å². The zero-order chi connectivity index (χ0) is 17.4. The highest BCUT2D eigenvalue weighted by molar-refractivity contribution is 5.99. The van der Waals surface area contributed by atoms with Crippen molar-refractivity contribution in [3.8, 4) is 11.5 Å². The van der Waals surface area contributed by atoms with E-state index in [1.54, 1.807) is 18.2 Å². The number of carbonyl (C=O) groups is 2. The van der Waals surface area contributed by atoms with E-state index < -0.39 is 0 Å². The zero-order valence-electron chi connectivity index (χ0n) is 14.5. The minimum atomic E-state index is -0.308. The van der Waals surface area contributed by atoms with Crippen LogP contribution in [0.5, 0.6) is 11.5 Å². The van der Waals surface area contributed by atoms with Gasteiger partial charge in [-0.15, -0.1) is 0 Å². The number of hydrogen-bond acceptors (Lipinski definition) is 5. The van der Waals surface area contributed by atoms with Crippen molar-refractivity contribution >= 4 is 11.8 Å². The highest BCUT2D eigenvalue weighted by Crippen LogP contribution is 2.28. The van der Waals surface area contributed by atoms with Crippen molar-refractivity contribution < 1.29 is 23.8 Å². The number of methoxy groups -OCH3 is 1. The van der Waals surface area contributed by atoms with Crippen LogP contribution in [0.4, 0.5) is 0 Å². The zero-order valence-corrected chi connectivity index (χ0v) is 14.5. The molecular formula is C18H26O5. The van der Waals surface area contributed by atoms with Crippen LogP contribution in [0.2, 0.25) is 0 Å². The Morgan fingerprint density at radius 2 is 1.65 bits per heavy atom. The van der Waals surface area contributed by atoms with Gasteiger partial charge in [-0.1, -0.05) is 0 Å². The standard InChI is InChI=1S/C18H26O5/c1-12(2)22-14-9-10-15(17(11-14)23-13(3)4)16(19)7-6-8-18(20)21-5/h9-13H,6-8H2,1-5H3. The van der Waals surface area contributed by atoms with Crippen LogP contribution in [-0.4, -0.2) is 31.1 Å². The molecule has 0 bridgehead atoms. The number of benzene rings is 1. The van der Waals surface area contributed by atoms with Crippen LogP contribution >= 0.6 is 0 Å². The maximum Gasteiger partial charge on any atom is 0.305 e. The molecule has 0 fully saturated rings. The van der Waals surface area contributed by atoms with E-state index in [1.165, 1.54) is 7.11 Å². The van der Waals surface area contributed by atoms with Crippen LogP contribution in [0.15, 0.2) is 18.2 Å². The van der Waals surface area contributed by atoms with E-state index in [1.807, 2.05) is 27.7 Å². The summed E-state index contributed by atoms with van der Waals surface area (Å²) in [6.07, 6.45) is 0.955. The summed E-state index contributed by atoms with van der Waals surface area (Å²) in [6, 6.07) is 5.23. The van der Waals surface area contributed by atoms with E-state index in [4.69, 9.17) is 9.47 Å². The van der Waals surface area contributed by atoms with Crippen molar-refractivity contribution in [1.82, 2.24) is 0 Å². The Bertz CT molecular complexity index is 534. The summed E-state index contributed by atoms with van der Waals surface area (Å²) in [5.41, 5.74) is 0.514. The molecule has 0 saturated carbocycles. The first-order valence-corrected chi connectivity index (χ1v) is 7.90. The molecule has 0 radical (unpaired) electrons. The number of hydrogen-bond donors (Lipinski definition) is 0. The van der Waals surface area contributed by atoms with Gasteiger partial charge in [-0.05, 0) is 46.2 Å². The predicted octanol–water partition coefficient (Wildman–Crippen LogP) is 3.79. The van der Waals surface area contributed by atoms with Crippen LogP contribution in [0, 0.1) is 0 Å². The van der Waals surface area contributed by atoms with Gasteiger partial charge in [0.1, 0.15) is 11.5 Å². The minimum absolute atomic E-state index is 0.0449. The van der Waals surface area contributed by atoms with Crippen LogP contribution in [0.1, 0.15) is 57.3 Å². The van der Waals surface area contributed by atoms with Gasteiger partial charge in [0, 0.05) is 18.9 Å². The number of carbonyl (C=O) groups excluding carboxylic acids is 2. The molecule has 5 heteroatoms. The number of Topliss-reactive ketones (excluding diaryl/α,β-unsaturated/α-hetero) is 1. The Balaban J connectivity index is 2.86. The van der Waals surface area contributed by atoms with Crippen molar-refractivity contribution in [1.29, 1.82) is 0 Å². The quantitative estimate of drug-likeness (QED) is 0.511. The Kier molecular flexibility index (Phi) is 7.59. The highest BCUT2D eigenvalue weighted by Gasteiger charge is 2.16. The smallest absolute Gasteiger partial charge is 0.305 e. The molecule has 0 atom stereocenters. The van der Waals surface area contributed by atoms with Gasteiger partial charge < -0.3 is 14.2 Å². The molecule has 0 aliphatic heterocycles. The van der Waals surface area contributed by atoms with Crippen LogP contribution in [-0.2, 0) is 9.53 Å². The van der Waals surface area contributed by atoms with Gasteiger partial charge in [-0.25, -0.2) is 0 Å². The molecule has 0 saturated heterocycles. The number of rotatable bonds is 9. The molecule has 1 rings (SSSR count). The molecule has 0 N–H and O–H groups in total. The third kappa shape index (κ3) is 6.72. The lowest BCUT2D eigenvalue weighted by Crippen LogP contribution is -2.12. The average molecular weight is 322 g/mol. The van der Waals surface area contributed by atoms with Gasteiger partial charge >= 0.3 is 5.97 Å². The summed E-state index contributed by atoms with van der Waals surface area (Å²) < 4.78 is 16.0. The molecule has 0 unspecified atom stereocenters. The summed E-state index contributed by atoms with van der Waals surface area (Å²) in [4.78, 5) is 23.5. The first-order chi connectivity index (χ1) is 10.8. The Morgan fingerprint density at radius 1 is 1.00 bits per heavy atom. The molecule has 1 aromatic rings. The fourth-order valence-electron chi connectivity index (χ4n) is 2.06. The van der Waals surface area contributed by atoms with Crippen molar-refractivity contribution in [2.24, 2.45) is 0 Å². The third-order valence-corrected chi connectivity index (χ3v) is 3.00. The Morgan fingerprint density at radius 3 is 2.22 bits per heavy atom. The second-order valence-corrected chi connectivity index (χ2v) is 5.84. The Labute approximate surface area is 137 Å². The summed E-state index contributed by atoms with van der Waals surface area (Å²) in [5, 5.41) is 0. The summed E-state index contributed by atoms with van der Waals surface area (Å²) >= 11 is 0. The first kappa shape index (κ1) is 19.0. The van der Waals surface area contributed by atoms with Crippen LogP contribution in [0.3, 0.4) is 0 Å². The van der Waals surface area contributed by atoms with Gasteiger partial charge in [0.2, 0.25) is 0 Å². The minimum Gasteiger partial charge on any atom is -0.491 e. The van der Waals surface area contributed by atoms with E-state index in [2.05, 4.69) is 4.74 Å². The molecule has 5 nitrogen and oxygen atoms in total. The van der Waals surface area contributed by atoms with Crippen molar-refractivity contribution in [3.05, 3.63) is 23.8 Å². The second kappa shape index (κ2) is 9.18. The average Bonchev–Trinajstić information content (AvgIpc) is 2.45. The molecule has 0 spiro atoms. The predicted molar refractivity (Wildman–Crippen MR) is 88.2 cm³/mol. The monoisotopic (exact) mass is 322 g/mol. The van der Waals surface area contributed by atoms with Gasteiger partial charge in [0.25, 0.3) is 0 Å². The summed E-state index contributed by atoms with van der Waals surface area (Å²) in [6.45, 7) is 7.69. The fourth-order valence-corrected chi connectivity index (χ4v) is 2.06. The molecule has 0 aromatic heterocycles. The lowest BCUT2D eigenvalue weighted by atomic mass is 10.0. The fraction of sp³-hybridized carbons (Fsp3) is 0.556. The lowest BCUT2D eigenvalue weighted by Gasteiger charge is -2.16. The molecular weight excluding hydrogens is 296 g/mol. The van der Waals surface area contributed by atoms with Crippen LogP contribution < -0.4 is 9.47 Å². The number of ketones is 1. The van der Waals surface area contributed by atoms with E-state index in [-0.39, 0.29) is 36.8 Å². The van der Waals surface area contributed by atoms with Crippen molar-refractivity contribution in [2.75, 3.05) is 7.11 Å². The topological polar surface area (TPSA) is 61.8 Å². The maximum absolute atomic E-state index is 12.4. The molecule has 1 aromatic carbocycles. The third-order valence-electron chi connectivity index (χ3n) is 3.00. The second-order valence-electron chi connectivity index (χ2n) is 5.84. The number of esters is 1. The van der Waals surface area contributed by atoms with Crippen molar-refractivity contribution in [3.63, 3.8) is 0 Å². The highest BCUT2D eigenvalue weighted by atomic mass is 16.5. The molecule has 0 aliphatic carbocycles. The summed E-state index contributed by atoms with van der Waals surface area (Å²) in [5.74, 6) is 0.820. The SMILES string of the molecule is COC(=O)CCCC(=O)c1ccc(OC(C)C)cc1OC(C)C. The maximum atomic E-state index is 12.4. The van der Waals surface area contributed by atoms with Crippen LogP contribution in [0.25, 0.3) is 0 Å². The molecule has 0 amide bonds. The molecule has 23 heavy (non-hydrogen) atoms. The normalized spacial score (nSPS) is 10.7.